The molecule has 2 heterocycles. The molecule has 1 fully saturated rings. The summed E-state index contributed by atoms with van der Waals surface area (Å²) in [5.74, 6) is 4.64. The molecule has 6 nitrogen and oxygen atoms in total. The number of aromatic hydroxyl groups is 2. The van der Waals surface area contributed by atoms with Gasteiger partial charge in [0.15, 0.2) is 11.5 Å². The molecule has 210 valence electrons. The molecule has 0 bridgehead atoms. The van der Waals surface area contributed by atoms with Crippen LogP contribution in [0.5, 0.6) is 11.5 Å². The molecule has 0 radical (unpaired) electrons. The standard InChI is InChI=1S/C27H30F4N3O3PS/c1-34-13-11-19(18(28)15-34)33-21-7-4-6-16-17(14-27(29,30)31)23(39-26(16)21)8-5-12-32-20-9-10-22(38(2,3)37)25(36)24(20)35/h4,6-7,9-10,18-19,32-33,35-36H,11-15H2,1-3H3/t18-,19+/m0/s1. The molecule has 4 rings (SSSR count). The van der Waals surface area contributed by atoms with E-state index < -0.39 is 43.5 Å². The normalized spacial score (nSPS) is 18.5. The van der Waals surface area contributed by atoms with Crippen LogP contribution in [-0.2, 0) is 11.0 Å². The Morgan fingerprint density at radius 2 is 1.90 bits per heavy atom. The second-order valence-corrected chi connectivity index (χ2v) is 14.2. The van der Waals surface area contributed by atoms with E-state index >= 15 is 0 Å². The van der Waals surface area contributed by atoms with Crippen molar-refractivity contribution in [1.82, 2.24) is 4.90 Å². The van der Waals surface area contributed by atoms with Crippen molar-refractivity contribution in [3.8, 4) is 23.3 Å². The first-order valence-electron chi connectivity index (χ1n) is 12.3. The second kappa shape index (κ2) is 11.3. The Kier molecular flexibility index (Phi) is 8.41. The molecular formula is C27H30F4N3O3PS. The average molecular weight is 584 g/mol. The number of alkyl halides is 4. The van der Waals surface area contributed by atoms with Crippen LogP contribution >= 0.6 is 18.5 Å². The van der Waals surface area contributed by atoms with Gasteiger partial charge in [0, 0.05) is 13.1 Å². The summed E-state index contributed by atoms with van der Waals surface area (Å²) in [4.78, 5) is 2.15. The zero-order valence-electron chi connectivity index (χ0n) is 21.7. The molecule has 1 aliphatic rings. The number of phenolic OH excluding ortho intramolecular Hbond substituents is 2. The molecule has 12 heteroatoms. The minimum absolute atomic E-state index is 0.0355. The van der Waals surface area contributed by atoms with Gasteiger partial charge in [-0.05, 0) is 55.9 Å². The van der Waals surface area contributed by atoms with Crippen molar-refractivity contribution < 1.29 is 32.3 Å². The number of likely N-dealkylation sites (tertiary alicyclic amines) is 1. The number of hydrogen-bond acceptors (Lipinski definition) is 7. The molecule has 0 unspecified atom stereocenters. The Bertz CT molecular complexity index is 1470. The Balaban J connectivity index is 1.61. The highest BCUT2D eigenvalue weighted by molar-refractivity contribution is 7.70. The minimum Gasteiger partial charge on any atom is -0.504 e. The number of nitrogens with one attached hydrogen (secondary N) is 2. The smallest absolute Gasteiger partial charge is 0.393 e. The maximum atomic E-state index is 14.6. The third-order valence-corrected chi connectivity index (χ3v) is 9.28. The van der Waals surface area contributed by atoms with Gasteiger partial charge in [0.05, 0.1) is 45.3 Å². The summed E-state index contributed by atoms with van der Waals surface area (Å²) in [7, 11) is -0.972. The predicted molar refractivity (Wildman–Crippen MR) is 150 cm³/mol. The number of thiophene rings is 1. The number of anilines is 2. The number of benzene rings is 2. The topological polar surface area (TPSA) is 84.8 Å². The number of halogens is 4. The molecule has 39 heavy (non-hydrogen) atoms. The maximum absolute atomic E-state index is 14.6. The summed E-state index contributed by atoms with van der Waals surface area (Å²) in [5, 5.41) is 27.1. The van der Waals surface area contributed by atoms with Crippen LogP contribution in [0.1, 0.15) is 16.9 Å². The van der Waals surface area contributed by atoms with Gasteiger partial charge in [-0.1, -0.05) is 24.0 Å². The van der Waals surface area contributed by atoms with Gasteiger partial charge in [0.25, 0.3) is 0 Å². The second-order valence-electron chi connectivity index (χ2n) is 10.0. The van der Waals surface area contributed by atoms with E-state index in [1.165, 1.54) is 25.5 Å². The molecule has 1 aromatic heterocycles. The predicted octanol–water partition coefficient (Wildman–Crippen LogP) is 5.58. The Hall–Kier alpha value is -2.93. The number of piperidine rings is 1. The van der Waals surface area contributed by atoms with Gasteiger partial charge < -0.3 is 30.3 Å². The summed E-state index contributed by atoms with van der Waals surface area (Å²) in [6.07, 6.45) is -6.14. The summed E-state index contributed by atoms with van der Waals surface area (Å²) in [6, 6.07) is 7.47. The fraction of sp³-hybridized carbons (Fsp3) is 0.407. The van der Waals surface area contributed by atoms with Crippen molar-refractivity contribution >= 4 is 45.2 Å². The van der Waals surface area contributed by atoms with E-state index in [1.807, 2.05) is 11.9 Å². The minimum atomic E-state index is -4.45. The first-order valence-corrected chi connectivity index (χ1v) is 15.7. The number of nitrogens with zero attached hydrogens (tertiary/aromatic N) is 1. The van der Waals surface area contributed by atoms with Gasteiger partial charge in [0.1, 0.15) is 13.3 Å². The van der Waals surface area contributed by atoms with Crippen LogP contribution in [0, 0.1) is 11.8 Å². The molecule has 0 amide bonds. The van der Waals surface area contributed by atoms with Crippen LogP contribution in [0.15, 0.2) is 30.3 Å². The van der Waals surface area contributed by atoms with Crippen LogP contribution in [0.25, 0.3) is 10.1 Å². The summed E-state index contributed by atoms with van der Waals surface area (Å²) >= 11 is 1.12. The fourth-order valence-corrected chi connectivity index (χ4v) is 6.81. The van der Waals surface area contributed by atoms with Gasteiger partial charge in [-0.2, -0.15) is 13.2 Å². The SMILES string of the molecule is CN1CC[C@@H](Nc2cccc3c(CC(F)(F)F)c(C#CCNc4ccc(P(C)(C)=O)c(O)c4O)sc23)[C@@H](F)C1. The highest BCUT2D eigenvalue weighted by Gasteiger charge is 2.32. The van der Waals surface area contributed by atoms with Crippen LogP contribution in [0.3, 0.4) is 0 Å². The number of rotatable bonds is 6. The van der Waals surface area contributed by atoms with E-state index in [9.17, 15) is 32.3 Å². The van der Waals surface area contributed by atoms with E-state index in [4.69, 9.17) is 0 Å². The van der Waals surface area contributed by atoms with Gasteiger partial charge in [-0.15, -0.1) is 11.3 Å². The van der Waals surface area contributed by atoms with Gasteiger partial charge in [0.2, 0.25) is 0 Å². The van der Waals surface area contributed by atoms with Gasteiger partial charge in [-0.3, -0.25) is 0 Å². The molecule has 0 saturated carbocycles. The largest absolute Gasteiger partial charge is 0.504 e. The molecular weight excluding hydrogens is 553 g/mol. The molecule has 1 aliphatic heterocycles. The van der Waals surface area contributed by atoms with E-state index in [-0.39, 0.29) is 34.5 Å². The van der Waals surface area contributed by atoms with Crippen LogP contribution in [0.4, 0.5) is 28.9 Å². The zero-order chi connectivity index (χ0) is 28.5. The van der Waals surface area contributed by atoms with Crippen molar-refractivity contribution in [2.24, 2.45) is 0 Å². The van der Waals surface area contributed by atoms with E-state index in [2.05, 4.69) is 22.5 Å². The molecule has 4 N–H and O–H groups in total. The average Bonchev–Trinajstić information content (AvgIpc) is 3.17. The van der Waals surface area contributed by atoms with Gasteiger partial charge >= 0.3 is 6.18 Å². The quantitative estimate of drug-likeness (QED) is 0.131. The lowest BCUT2D eigenvalue weighted by Gasteiger charge is -2.33. The van der Waals surface area contributed by atoms with Crippen molar-refractivity contribution in [2.75, 3.05) is 50.6 Å². The first kappa shape index (κ1) is 29.1. The zero-order valence-corrected chi connectivity index (χ0v) is 23.4. The summed E-state index contributed by atoms with van der Waals surface area (Å²) in [5.41, 5.74) is 0.787. The lowest BCUT2D eigenvalue weighted by Crippen LogP contribution is -2.46. The molecule has 0 spiro atoms. The third kappa shape index (κ3) is 6.81. The van der Waals surface area contributed by atoms with Gasteiger partial charge in [-0.25, -0.2) is 4.39 Å². The molecule has 0 aliphatic carbocycles. The molecule has 3 aromatic rings. The fourth-order valence-electron chi connectivity index (χ4n) is 4.59. The van der Waals surface area contributed by atoms with E-state index in [0.717, 1.165) is 11.3 Å². The lowest BCUT2D eigenvalue weighted by molar-refractivity contribution is -0.126. The number of fused-ring (bicyclic) bond motifs is 1. The Morgan fingerprint density at radius 1 is 1.15 bits per heavy atom. The van der Waals surface area contributed by atoms with Crippen LogP contribution < -0.4 is 15.9 Å². The Labute approximate surface area is 228 Å². The summed E-state index contributed by atoms with van der Waals surface area (Å²) < 4.78 is 68.0. The van der Waals surface area contributed by atoms with Crippen LogP contribution in [-0.4, -0.2) is 73.5 Å². The maximum Gasteiger partial charge on any atom is 0.393 e. The lowest BCUT2D eigenvalue weighted by atomic mass is 10.0. The monoisotopic (exact) mass is 583 g/mol. The van der Waals surface area contributed by atoms with Crippen molar-refractivity contribution in [3.05, 3.63) is 40.8 Å². The highest BCUT2D eigenvalue weighted by Crippen LogP contribution is 2.44. The number of hydrogen-bond donors (Lipinski definition) is 4. The molecule has 1 saturated heterocycles. The van der Waals surface area contributed by atoms with Crippen LogP contribution in [0.2, 0.25) is 0 Å². The Morgan fingerprint density at radius 3 is 2.56 bits per heavy atom. The first-order chi connectivity index (χ1) is 18.2. The highest BCUT2D eigenvalue weighted by atomic mass is 32.1. The third-order valence-electron chi connectivity index (χ3n) is 6.56. The molecule has 2 atom stereocenters. The molecule has 2 aromatic carbocycles. The van der Waals surface area contributed by atoms with E-state index in [0.29, 0.717) is 28.7 Å². The van der Waals surface area contributed by atoms with Crippen molar-refractivity contribution in [2.45, 2.75) is 31.2 Å². The summed E-state index contributed by atoms with van der Waals surface area (Å²) in [6.45, 7) is 3.90. The van der Waals surface area contributed by atoms with Crippen molar-refractivity contribution in [1.29, 1.82) is 0 Å². The van der Waals surface area contributed by atoms with E-state index in [1.54, 1.807) is 18.2 Å². The van der Waals surface area contributed by atoms with Crippen molar-refractivity contribution in [3.63, 3.8) is 0 Å². The number of phenols is 2.